The van der Waals surface area contributed by atoms with Gasteiger partial charge in [0.15, 0.2) is 0 Å². The van der Waals surface area contributed by atoms with E-state index >= 15 is 0 Å². The predicted molar refractivity (Wildman–Crippen MR) is 86.3 cm³/mol. The average molecular weight is 281 g/mol. The molecule has 1 N–H and O–H groups in total. The number of rotatable bonds is 3. The van der Waals surface area contributed by atoms with E-state index in [0.29, 0.717) is 0 Å². The molecule has 3 rings (SSSR count). The fraction of sp³-hybridized carbons (Fsp3) is 0.389. The van der Waals surface area contributed by atoms with Gasteiger partial charge in [0, 0.05) is 25.8 Å². The Bertz CT molecular complexity index is 560. The van der Waals surface area contributed by atoms with Gasteiger partial charge in [0.25, 0.3) is 0 Å². The van der Waals surface area contributed by atoms with Crippen molar-refractivity contribution < 1.29 is 0 Å². The Hall–Kier alpha value is -1.71. The Labute approximate surface area is 127 Å². The van der Waals surface area contributed by atoms with E-state index in [4.69, 9.17) is 0 Å². The summed E-state index contributed by atoms with van der Waals surface area (Å²) in [4.78, 5) is 7.20. The molecule has 1 aliphatic rings. The van der Waals surface area contributed by atoms with Gasteiger partial charge in [0.05, 0.1) is 11.7 Å². The summed E-state index contributed by atoms with van der Waals surface area (Å²) in [5.74, 6) is 0. The fourth-order valence-corrected chi connectivity index (χ4v) is 3.10. The molecule has 0 aliphatic carbocycles. The molecule has 0 radical (unpaired) electrons. The molecule has 1 atom stereocenters. The summed E-state index contributed by atoms with van der Waals surface area (Å²) >= 11 is 0. The van der Waals surface area contributed by atoms with Crippen molar-refractivity contribution in [3.8, 4) is 0 Å². The van der Waals surface area contributed by atoms with Crippen LogP contribution in [0.4, 0.5) is 0 Å². The van der Waals surface area contributed by atoms with Gasteiger partial charge in [-0.05, 0) is 43.1 Å². The highest BCUT2D eigenvalue weighted by Gasteiger charge is 2.25. The van der Waals surface area contributed by atoms with E-state index < -0.39 is 0 Å². The summed E-state index contributed by atoms with van der Waals surface area (Å²) in [6.45, 7) is 6.54. The third kappa shape index (κ3) is 3.31. The van der Waals surface area contributed by atoms with E-state index in [-0.39, 0.29) is 6.04 Å². The van der Waals surface area contributed by atoms with Crippen LogP contribution in [0.1, 0.15) is 29.3 Å². The molecule has 3 nitrogen and oxygen atoms in total. The normalized spacial score (nSPS) is 18.1. The van der Waals surface area contributed by atoms with Crippen LogP contribution in [0.25, 0.3) is 0 Å². The number of pyridine rings is 1. The minimum atomic E-state index is 0.257. The Kier molecular flexibility index (Phi) is 4.63. The molecule has 110 valence electrons. The molecule has 1 aromatic carbocycles. The van der Waals surface area contributed by atoms with Crippen LogP contribution in [0.2, 0.25) is 0 Å². The van der Waals surface area contributed by atoms with Crippen LogP contribution >= 0.6 is 0 Å². The number of hydrogen-bond acceptors (Lipinski definition) is 3. The standard InChI is InChI=1S/C18H23N3/c1-15-7-2-3-8-16(15)18(17-9-4-5-11-20-17)21-13-6-10-19-12-14-21/h2-5,7-9,11,18-19H,6,10,12-14H2,1H3. The quantitative estimate of drug-likeness (QED) is 0.937. The first-order chi connectivity index (χ1) is 10.4. The molecule has 0 spiro atoms. The van der Waals surface area contributed by atoms with Gasteiger partial charge in [0.1, 0.15) is 0 Å². The number of aryl methyl sites for hydroxylation is 1. The van der Waals surface area contributed by atoms with Crippen molar-refractivity contribution in [2.45, 2.75) is 19.4 Å². The highest BCUT2D eigenvalue weighted by atomic mass is 15.2. The summed E-state index contributed by atoms with van der Waals surface area (Å²) in [7, 11) is 0. The SMILES string of the molecule is Cc1ccccc1C(c1ccccn1)N1CCCNCC1. The van der Waals surface area contributed by atoms with Gasteiger partial charge in [-0.15, -0.1) is 0 Å². The van der Waals surface area contributed by atoms with Crippen LogP contribution in [-0.4, -0.2) is 36.1 Å². The first-order valence-electron chi connectivity index (χ1n) is 7.77. The molecule has 1 aromatic heterocycles. The van der Waals surface area contributed by atoms with E-state index in [0.717, 1.165) is 31.9 Å². The van der Waals surface area contributed by atoms with Crippen LogP contribution in [0.15, 0.2) is 48.7 Å². The summed E-state index contributed by atoms with van der Waals surface area (Å²) in [5.41, 5.74) is 3.86. The second-order valence-corrected chi connectivity index (χ2v) is 5.65. The Morgan fingerprint density at radius 1 is 1.05 bits per heavy atom. The van der Waals surface area contributed by atoms with Crippen LogP contribution in [0.3, 0.4) is 0 Å². The molecule has 1 aliphatic heterocycles. The van der Waals surface area contributed by atoms with Gasteiger partial charge in [-0.3, -0.25) is 9.88 Å². The van der Waals surface area contributed by atoms with E-state index in [1.807, 2.05) is 12.3 Å². The smallest absolute Gasteiger partial charge is 0.0779 e. The summed E-state index contributed by atoms with van der Waals surface area (Å²) < 4.78 is 0. The minimum absolute atomic E-state index is 0.257. The number of benzene rings is 1. The second kappa shape index (κ2) is 6.83. The molecule has 2 aromatic rings. The first-order valence-corrected chi connectivity index (χ1v) is 7.77. The van der Waals surface area contributed by atoms with Crippen molar-refractivity contribution >= 4 is 0 Å². The first kappa shape index (κ1) is 14.2. The van der Waals surface area contributed by atoms with Gasteiger partial charge in [-0.1, -0.05) is 30.3 Å². The molecule has 21 heavy (non-hydrogen) atoms. The zero-order valence-corrected chi connectivity index (χ0v) is 12.6. The predicted octanol–water partition coefficient (Wildman–Crippen LogP) is 2.77. The lowest BCUT2D eigenvalue weighted by molar-refractivity contribution is 0.237. The van der Waals surface area contributed by atoms with Crippen LogP contribution in [0, 0.1) is 6.92 Å². The summed E-state index contributed by atoms with van der Waals surface area (Å²) in [5, 5.41) is 3.49. The monoisotopic (exact) mass is 281 g/mol. The maximum Gasteiger partial charge on any atom is 0.0779 e. The molecular weight excluding hydrogens is 258 g/mol. The average Bonchev–Trinajstić information content (AvgIpc) is 2.80. The number of hydrogen-bond donors (Lipinski definition) is 1. The molecule has 0 saturated carbocycles. The molecule has 1 saturated heterocycles. The van der Waals surface area contributed by atoms with Crippen LogP contribution in [-0.2, 0) is 0 Å². The Morgan fingerprint density at radius 2 is 1.90 bits per heavy atom. The fourth-order valence-electron chi connectivity index (χ4n) is 3.10. The zero-order valence-electron chi connectivity index (χ0n) is 12.6. The minimum Gasteiger partial charge on any atom is -0.315 e. The molecule has 0 amide bonds. The summed E-state index contributed by atoms with van der Waals surface area (Å²) in [6.07, 6.45) is 3.09. The molecular formula is C18H23N3. The van der Waals surface area contributed by atoms with Gasteiger partial charge in [-0.25, -0.2) is 0 Å². The zero-order chi connectivity index (χ0) is 14.5. The van der Waals surface area contributed by atoms with E-state index in [2.05, 4.69) is 58.5 Å². The van der Waals surface area contributed by atoms with Crippen molar-refractivity contribution in [1.82, 2.24) is 15.2 Å². The van der Waals surface area contributed by atoms with Crippen molar-refractivity contribution in [3.05, 3.63) is 65.5 Å². The lowest BCUT2D eigenvalue weighted by atomic mass is 9.96. The summed E-state index contributed by atoms with van der Waals surface area (Å²) in [6, 6.07) is 15.2. The van der Waals surface area contributed by atoms with Gasteiger partial charge >= 0.3 is 0 Å². The van der Waals surface area contributed by atoms with Crippen molar-refractivity contribution in [1.29, 1.82) is 0 Å². The van der Waals surface area contributed by atoms with E-state index in [1.165, 1.54) is 17.5 Å². The molecule has 0 bridgehead atoms. The maximum absolute atomic E-state index is 4.64. The third-order valence-corrected chi connectivity index (χ3v) is 4.19. The van der Waals surface area contributed by atoms with Crippen LogP contribution in [0.5, 0.6) is 0 Å². The van der Waals surface area contributed by atoms with E-state index in [1.54, 1.807) is 0 Å². The maximum atomic E-state index is 4.64. The lowest BCUT2D eigenvalue weighted by Crippen LogP contribution is -2.33. The largest absolute Gasteiger partial charge is 0.315 e. The molecule has 2 heterocycles. The molecule has 1 unspecified atom stereocenters. The van der Waals surface area contributed by atoms with Crippen molar-refractivity contribution in [2.24, 2.45) is 0 Å². The van der Waals surface area contributed by atoms with Crippen LogP contribution < -0.4 is 5.32 Å². The molecule has 1 fully saturated rings. The third-order valence-electron chi connectivity index (χ3n) is 4.19. The van der Waals surface area contributed by atoms with Gasteiger partial charge < -0.3 is 5.32 Å². The van der Waals surface area contributed by atoms with Gasteiger partial charge in [0.2, 0.25) is 0 Å². The Morgan fingerprint density at radius 3 is 2.71 bits per heavy atom. The van der Waals surface area contributed by atoms with Crippen molar-refractivity contribution in [2.75, 3.05) is 26.2 Å². The topological polar surface area (TPSA) is 28.2 Å². The molecule has 3 heteroatoms. The second-order valence-electron chi connectivity index (χ2n) is 5.65. The highest BCUT2D eigenvalue weighted by molar-refractivity contribution is 5.34. The highest BCUT2D eigenvalue weighted by Crippen LogP contribution is 2.29. The van der Waals surface area contributed by atoms with Crippen molar-refractivity contribution in [3.63, 3.8) is 0 Å². The van der Waals surface area contributed by atoms with Gasteiger partial charge in [-0.2, -0.15) is 0 Å². The number of nitrogens with zero attached hydrogens (tertiary/aromatic N) is 2. The lowest BCUT2D eigenvalue weighted by Gasteiger charge is -2.31. The number of nitrogens with one attached hydrogen (secondary N) is 1. The van der Waals surface area contributed by atoms with E-state index in [9.17, 15) is 0 Å². The Balaban J connectivity index is 2.00. The number of aromatic nitrogens is 1.